The summed E-state index contributed by atoms with van der Waals surface area (Å²) in [6, 6.07) is 14.8. The van der Waals surface area contributed by atoms with Crippen molar-refractivity contribution in [2.75, 3.05) is 23.7 Å². The lowest BCUT2D eigenvalue weighted by atomic mass is 10.1. The van der Waals surface area contributed by atoms with Gasteiger partial charge in [0.2, 0.25) is 21.8 Å². The lowest BCUT2D eigenvalue weighted by Gasteiger charge is -2.31. The number of benzene rings is 2. The molecule has 0 aliphatic carbocycles. The number of hydrogen-bond donors (Lipinski definition) is 1. The molecule has 0 spiro atoms. The van der Waals surface area contributed by atoms with Gasteiger partial charge in [-0.25, -0.2) is 8.42 Å². The molecular weight excluding hydrogens is 474 g/mol. The molecule has 0 saturated carbocycles. The van der Waals surface area contributed by atoms with Gasteiger partial charge in [0.05, 0.1) is 11.9 Å². The quantitative estimate of drug-likeness (QED) is 0.433. The van der Waals surface area contributed by atoms with Gasteiger partial charge in [-0.3, -0.25) is 13.9 Å². The molecule has 0 aliphatic rings. The standard InChI is InChI=1S/C28H41N3O4S/c1-7-25(28(33)29-21(2)3)30(20-18-24-14-9-8-10-15-24)27(32)17-12-19-31(36(6,34)35)26-16-11-13-22(4)23(26)5/h8-11,13-16,21,25H,7,12,17-20H2,1-6H3,(H,29,33)/t25-/m1/s1. The molecule has 0 aromatic heterocycles. The van der Waals surface area contributed by atoms with Crippen LogP contribution in [0.4, 0.5) is 5.69 Å². The maximum atomic E-state index is 13.4. The third-order valence-electron chi connectivity index (χ3n) is 6.30. The van der Waals surface area contributed by atoms with Crippen LogP contribution >= 0.6 is 0 Å². The van der Waals surface area contributed by atoms with Gasteiger partial charge in [0, 0.05) is 25.6 Å². The number of nitrogens with one attached hydrogen (secondary N) is 1. The van der Waals surface area contributed by atoms with Crippen LogP contribution in [0.25, 0.3) is 0 Å². The van der Waals surface area contributed by atoms with Crippen molar-refractivity contribution in [3.8, 4) is 0 Å². The molecule has 198 valence electrons. The Bertz CT molecular complexity index is 1120. The highest BCUT2D eigenvalue weighted by Crippen LogP contribution is 2.25. The Balaban J connectivity index is 2.19. The lowest BCUT2D eigenvalue weighted by Crippen LogP contribution is -2.51. The molecule has 2 rings (SSSR count). The Morgan fingerprint density at radius 2 is 1.64 bits per heavy atom. The smallest absolute Gasteiger partial charge is 0.242 e. The van der Waals surface area contributed by atoms with Crippen molar-refractivity contribution in [3.63, 3.8) is 0 Å². The fourth-order valence-electron chi connectivity index (χ4n) is 4.26. The summed E-state index contributed by atoms with van der Waals surface area (Å²) in [6.45, 7) is 10.1. The lowest BCUT2D eigenvalue weighted by molar-refractivity contribution is -0.141. The molecule has 36 heavy (non-hydrogen) atoms. The predicted octanol–water partition coefficient (Wildman–Crippen LogP) is 4.22. The van der Waals surface area contributed by atoms with E-state index in [0.29, 0.717) is 31.5 Å². The molecule has 2 aromatic carbocycles. The van der Waals surface area contributed by atoms with Gasteiger partial charge in [0.15, 0.2) is 0 Å². The third-order valence-corrected chi connectivity index (χ3v) is 7.48. The van der Waals surface area contributed by atoms with Gasteiger partial charge in [-0.05, 0) is 69.7 Å². The molecule has 0 saturated heterocycles. The van der Waals surface area contributed by atoms with E-state index < -0.39 is 16.1 Å². The van der Waals surface area contributed by atoms with Crippen molar-refractivity contribution in [1.82, 2.24) is 10.2 Å². The zero-order chi connectivity index (χ0) is 26.9. The average molecular weight is 516 g/mol. The summed E-state index contributed by atoms with van der Waals surface area (Å²) in [7, 11) is -3.53. The highest BCUT2D eigenvalue weighted by atomic mass is 32.2. The minimum atomic E-state index is -3.53. The Hall–Kier alpha value is -2.87. The van der Waals surface area contributed by atoms with E-state index in [4.69, 9.17) is 0 Å². The first-order valence-corrected chi connectivity index (χ1v) is 14.5. The number of rotatable bonds is 13. The highest BCUT2D eigenvalue weighted by molar-refractivity contribution is 7.92. The van der Waals surface area contributed by atoms with E-state index in [1.807, 2.05) is 77.1 Å². The number of aryl methyl sites for hydroxylation is 1. The number of hydrogen-bond acceptors (Lipinski definition) is 4. The molecule has 0 unspecified atom stereocenters. The first kappa shape index (κ1) is 29.4. The van der Waals surface area contributed by atoms with E-state index >= 15 is 0 Å². The van der Waals surface area contributed by atoms with E-state index in [-0.39, 0.29) is 30.8 Å². The van der Waals surface area contributed by atoms with Crippen molar-refractivity contribution < 1.29 is 18.0 Å². The van der Waals surface area contributed by atoms with E-state index in [1.54, 1.807) is 11.0 Å². The molecule has 0 fully saturated rings. The molecule has 1 N–H and O–H groups in total. The minimum Gasteiger partial charge on any atom is -0.352 e. The van der Waals surface area contributed by atoms with Crippen LogP contribution in [0.5, 0.6) is 0 Å². The summed E-state index contributed by atoms with van der Waals surface area (Å²) < 4.78 is 26.6. The molecule has 7 nitrogen and oxygen atoms in total. The summed E-state index contributed by atoms with van der Waals surface area (Å²) in [6.07, 6.45) is 2.82. The maximum absolute atomic E-state index is 13.4. The Morgan fingerprint density at radius 3 is 2.22 bits per heavy atom. The second-order valence-corrected chi connectivity index (χ2v) is 11.5. The fraction of sp³-hybridized carbons (Fsp3) is 0.500. The van der Waals surface area contributed by atoms with Crippen LogP contribution in [-0.4, -0.2) is 56.6 Å². The summed E-state index contributed by atoms with van der Waals surface area (Å²) in [4.78, 5) is 28.0. The van der Waals surface area contributed by atoms with E-state index in [0.717, 1.165) is 16.7 Å². The number of amides is 2. The molecular formula is C28H41N3O4S. The third kappa shape index (κ3) is 8.36. The number of nitrogens with zero attached hydrogens (tertiary/aromatic N) is 2. The van der Waals surface area contributed by atoms with Crippen molar-refractivity contribution in [2.45, 2.75) is 72.4 Å². The van der Waals surface area contributed by atoms with Gasteiger partial charge >= 0.3 is 0 Å². The summed E-state index contributed by atoms with van der Waals surface area (Å²) in [5.41, 5.74) is 3.63. The van der Waals surface area contributed by atoms with Crippen LogP contribution in [-0.2, 0) is 26.0 Å². The van der Waals surface area contributed by atoms with Crippen molar-refractivity contribution in [1.29, 1.82) is 0 Å². The van der Waals surface area contributed by atoms with Gasteiger partial charge in [0.25, 0.3) is 0 Å². The molecule has 1 atom stereocenters. The molecule has 0 heterocycles. The molecule has 0 aliphatic heterocycles. The first-order valence-electron chi connectivity index (χ1n) is 12.6. The molecule has 0 bridgehead atoms. The van der Waals surface area contributed by atoms with Gasteiger partial charge in [0.1, 0.15) is 6.04 Å². The van der Waals surface area contributed by atoms with Crippen LogP contribution in [0.15, 0.2) is 48.5 Å². The van der Waals surface area contributed by atoms with E-state index in [1.165, 1.54) is 10.6 Å². The Labute approximate surface area is 216 Å². The van der Waals surface area contributed by atoms with Gasteiger partial charge < -0.3 is 10.2 Å². The zero-order valence-corrected chi connectivity index (χ0v) is 23.3. The van der Waals surface area contributed by atoms with Crippen LogP contribution in [0.2, 0.25) is 0 Å². The second-order valence-electron chi connectivity index (χ2n) is 9.57. The Morgan fingerprint density at radius 1 is 0.972 bits per heavy atom. The normalized spacial score (nSPS) is 12.3. The number of sulfonamides is 1. The van der Waals surface area contributed by atoms with E-state index in [2.05, 4.69) is 5.32 Å². The number of carbonyl (C=O) groups excluding carboxylic acids is 2. The topological polar surface area (TPSA) is 86.8 Å². The number of carbonyl (C=O) groups is 2. The summed E-state index contributed by atoms with van der Waals surface area (Å²) in [5, 5.41) is 2.93. The molecule has 0 radical (unpaired) electrons. The second kappa shape index (κ2) is 13.4. The number of anilines is 1. The summed E-state index contributed by atoms with van der Waals surface area (Å²) in [5.74, 6) is -0.312. The van der Waals surface area contributed by atoms with E-state index in [9.17, 15) is 18.0 Å². The molecule has 8 heteroatoms. The maximum Gasteiger partial charge on any atom is 0.242 e. The zero-order valence-electron chi connectivity index (χ0n) is 22.5. The largest absolute Gasteiger partial charge is 0.352 e. The van der Waals surface area contributed by atoms with Crippen molar-refractivity contribution in [2.24, 2.45) is 0 Å². The summed E-state index contributed by atoms with van der Waals surface area (Å²) >= 11 is 0. The molecule has 2 aromatic rings. The monoisotopic (exact) mass is 515 g/mol. The van der Waals surface area contributed by atoms with Crippen molar-refractivity contribution in [3.05, 3.63) is 65.2 Å². The average Bonchev–Trinajstić information content (AvgIpc) is 2.80. The molecule has 2 amide bonds. The van der Waals surface area contributed by atoms with Crippen LogP contribution in [0.3, 0.4) is 0 Å². The van der Waals surface area contributed by atoms with Gasteiger partial charge in [-0.15, -0.1) is 0 Å². The first-order chi connectivity index (χ1) is 17.0. The fourth-order valence-corrected chi connectivity index (χ4v) is 5.28. The van der Waals surface area contributed by atoms with Gasteiger partial charge in [-0.1, -0.05) is 49.4 Å². The SMILES string of the molecule is CC[C@H](C(=O)NC(C)C)N(CCc1ccccc1)C(=O)CCCN(c1cccc(C)c1C)S(C)(=O)=O. The van der Waals surface area contributed by atoms with Crippen LogP contribution in [0, 0.1) is 13.8 Å². The highest BCUT2D eigenvalue weighted by Gasteiger charge is 2.29. The van der Waals surface area contributed by atoms with Gasteiger partial charge in [-0.2, -0.15) is 0 Å². The van der Waals surface area contributed by atoms with Crippen LogP contribution in [0.1, 0.15) is 56.7 Å². The Kier molecular flexibility index (Phi) is 11.0. The van der Waals surface area contributed by atoms with Crippen molar-refractivity contribution >= 4 is 27.5 Å². The predicted molar refractivity (Wildman–Crippen MR) is 147 cm³/mol. The van der Waals surface area contributed by atoms with Crippen LogP contribution < -0.4 is 9.62 Å². The minimum absolute atomic E-state index is 0.0292.